The third-order valence-corrected chi connectivity index (χ3v) is 2.27. The van der Waals surface area contributed by atoms with Crippen LogP contribution in [-0.4, -0.2) is 30.1 Å². The van der Waals surface area contributed by atoms with E-state index in [9.17, 15) is 0 Å². The van der Waals surface area contributed by atoms with Crippen LogP contribution in [0.4, 0.5) is 0 Å². The van der Waals surface area contributed by atoms with Crippen LogP contribution in [0.3, 0.4) is 0 Å². The summed E-state index contributed by atoms with van der Waals surface area (Å²) in [6, 6.07) is 0. The van der Waals surface area contributed by atoms with Gasteiger partial charge in [0.15, 0.2) is 5.17 Å². The molecule has 0 fully saturated rings. The van der Waals surface area contributed by atoms with Crippen LogP contribution in [0.25, 0.3) is 0 Å². The molecule has 58 valence electrons. The standard InChI is InChI=1S/C6H13N3S/c1-5-4-9-6(10-5)8-3-2-7/h5H,2-4,7H2,1H3,(H,8,9)/t5-/m0/s1. The molecule has 0 spiro atoms. The molecule has 1 aliphatic rings. The minimum absolute atomic E-state index is 0.639. The van der Waals surface area contributed by atoms with E-state index in [1.807, 2.05) is 0 Å². The third kappa shape index (κ3) is 2.19. The van der Waals surface area contributed by atoms with Crippen LogP contribution in [-0.2, 0) is 0 Å². The smallest absolute Gasteiger partial charge is 0.156 e. The minimum atomic E-state index is 0.639. The van der Waals surface area contributed by atoms with Crippen molar-refractivity contribution in [3.05, 3.63) is 0 Å². The van der Waals surface area contributed by atoms with Gasteiger partial charge in [0.1, 0.15) is 0 Å². The molecule has 3 N–H and O–H groups in total. The van der Waals surface area contributed by atoms with E-state index in [0.29, 0.717) is 11.8 Å². The van der Waals surface area contributed by atoms with Gasteiger partial charge in [0.2, 0.25) is 0 Å². The quantitative estimate of drug-likeness (QED) is 0.597. The van der Waals surface area contributed by atoms with Crippen molar-refractivity contribution in [1.29, 1.82) is 0 Å². The molecule has 0 radical (unpaired) electrons. The number of aliphatic imine (C=N–C) groups is 1. The molecule has 0 bridgehead atoms. The first-order chi connectivity index (χ1) is 4.83. The Bertz CT molecular complexity index is 135. The summed E-state index contributed by atoms with van der Waals surface area (Å²) in [6.45, 7) is 4.62. The predicted molar refractivity (Wildman–Crippen MR) is 46.4 cm³/mol. The maximum Gasteiger partial charge on any atom is 0.156 e. The van der Waals surface area contributed by atoms with Crippen LogP contribution < -0.4 is 11.1 Å². The molecule has 0 saturated heterocycles. The lowest BCUT2D eigenvalue weighted by Gasteiger charge is -2.02. The van der Waals surface area contributed by atoms with Crippen LogP contribution in [0.15, 0.2) is 4.99 Å². The molecule has 0 unspecified atom stereocenters. The van der Waals surface area contributed by atoms with Gasteiger partial charge >= 0.3 is 0 Å². The number of nitrogens with one attached hydrogen (secondary N) is 1. The second kappa shape index (κ2) is 3.83. The molecule has 0 aromatic rings. The molecule has 0 saturated carbocycles. The molecule has 0 amide bonds. The van der Waals surface area contributed by atoms with Gasteiger partial charge in [-0.05, 0) is 0 Å². The maximum absolute atomic E-state index is 5.31. The second-order valence-corrected chi connectivity index (χ2v) is 3.72. The zero-order valence-electron chi connectivity index (χ0n) is 6.13. The Morgan fingerprint density at radius 3 is 3.20 bits per heavy atom. The maximum atomic E-state index is 5.31. The van der Waals surface area contributed by atoms with Gasteiger partial charge in [0.05, 0.1) is 6.54 Å². The summed E-state index contributed by atoms with van der Waals surface area (Å²) >= 11 is 1.79. The fourth-order valence-corrected chi connectivity index (χ4v) is 1.62. The van der Waals surface area contributed by atoms with Crippen LogP contribution in [0.5, 0.6) is 0 Å². The molecular weight excluding hydrogens is 146 g/mol. The fourth-order valence-electron chi connectivity index (χ4n) is 0.753. The molecule has 0 aromatic carbocycles. The van der Waals surface area contributed by atoms with Crippen molar-refractivity contribution in [2.45, 2.75) is 12.2 Å². The van der Waals surface area contributed by atoms with Crippen LogP contribution in [0.2, 0.25) is 0 Å². The van der Waals surface area contributed by atoms with Gasteiger partial charge in [-0.2, -0.15) is 0 Å². The first kappa shape index (κ1) is 7.88. The van der Waals surface area contributed by atoms with E-state index in [2.05, 4.69) is 17.2 Å². The number of amidine groups is 1. The number of rotatable bonds is 2. The average Bonchev–Trinajstić information content (AvgIpc) is 2.31. The molecule has 1 atom stereocenters. The van der Waals surface area contributed by atoms with Crippen LogP contribution >= 0.6 is 11.8 Å². The van der Waals surface area contributed by atoms with Crippen molar-refractivity contribution >= 4 is 16.9 Å². The van der Waals surface area contributed by atoms with Crippen LogP contribution in [0.1, 0.15) is 6.92 Å². The summed E-state index contributed by atoms with van der Waals surface area (Å²) in [5, 5.41) is 4.84. The topological polar surface area (TPSA) is 50.4 Å². The van der Waals surface area contributed by atoms with Crippen molar-refractivity contribution < 1.29 is 0 Å². The van der Waals surface area contributed by atoms with Crippen molar-refractivity contribution in [2.75, 3.05) is 19.6 Å². The van der Waals surface area contributed by atoms with Gasteiger partial charge in [0, 0.05) is 18.3 Å². The Labute approximate surface area is 65.5 Å². The normalized spacial score (nSPS) is 24.6. The Kier molecular flexibility index (Phi) is 3.02. The molecule has 1 heterocycles. The second-order valence-electron chi connectivity index (χ2n) is 2.29. The first-order valence-electron chi connectivity index (χ1n) is 3.48. The van der Waals surface area contributed by atoms with Crippen molar-refractivity contribution in [3.63, 3.8) is 0 Å². The van der Waals surface area contributed by atoms with E-state index in [-0.39, 0.29) is 0 Å². The molecular formula is C6H13N3S. The number of hydrogen-bond donors (Lipinski definition) is 2. The van der Waals surface area contributed by atoms with Crippen molar-refractivity contribution in [2.24, 2.45) is 10.7 Å². The Hall–Kier alpha value is -0.220. The van der Waals surface area contributed by atoms with Gasteiger partial charge in [-0.15, -0.1) is 0 Å². The highest BCUT2D eigenvalue weighted by Crippen LogP contribution is 2.17. The number of nitrogens with zero attached hydrogens (tertiary/aromatic N) is 1. The molecule has 0 aromatic heterocycles. The molecule has 1 rings (SSSR count). The summed E-state index contributed by atoms with van der Waals surface area (Å²) < 4.78 is 0. The Morgan fingerprint density at radius 2 is 2.70 bits per heavy atom. The Morgan fingerprint density at radius 1 is 1.90 bits per heavy atom. The first-order valence-corrected chi connectivity index (χ1v) is 4.36. The molecule has 10 heavy (non-hydrogen) atoms. The lowest BCUT2D eigenvalue weighted by Crippen LogP contribution is -2.26. The van der Waals surface area contributed by atoms with Crippen molar-refractivity contribution in [3.8, 4) is 0 Å². The monoisotopic (exact) mass is 159 g/mol. The van der Waals surface area contributed by atoms with Gasteiger partial charge in [-0.1, -0.05) is 18.7 Å². The largest absolute Gasteiger partial charge is 0.364 e. The lowest BCUT2D eigenvalue weighted by molar-refractivity contribution is 0.879. The number of nitrogens with two attached hydrogens (primary N) is 1. The molecule has 0 aliphatic carbocycles. The molecule has 3 nitrogen and oxygen atoms in total. The molecule has 4 heteroatoms. The highest BCUT2D eigenvalue weighted by Gasteiger charge is 2.13. The summed E-state index contributed by atoms with van der Waals surface area (Å²) in [7, 11) is 0. The van der Waals surface area contributed by atoms with E-state index >= 15 is 0 Å². The SMILES string of the molecule is C[C@H]1CN=C(NCCN)S1. The summed E-state index contributed by atoms with van der Waals surface area (Å²) in [5.74, 6) is 0. The van der Waals surface area contributed by atoms with Crippen LogP contribution in [0, 0.1) is 0 Å². The van der Waals surface area contributed by atoms with E-state index in [1.54, 1.807) is 11.8 Å². The highest BCUT2D eigenvalue weighted by molar-refractivity contribution is 8.14. The summed E-state index contributed by atoms with van der Waals surface area (Å²) in [6.07, 6.45) is 0. The Balaban J connectivity index is 2.17. The van der Waals surface area contributed by atoms with Gasteiger partial charge in [-0.3, -0.25) is 4.99 Å². The van der Waals surface area contributed by atoms with Gasteiger partial charge in [0.25, 0.3) is 0 Å². The zero-order chi connectivity index (χ0) is 7.40. The zero-order valence-corrected chi connectivity index (χ0v) is 6.95. The van der Waals surface area contributed by atoms with Gasteiger partial charge < -0.3 is 11.1 Å². The van der Waals surface area contributed by atoms with Crippen molar-refractivity contribution in [1.82, 2.24) is 5.32 Å². The average molecular weight is 159 g/mol. The molecule has 1 aliphatic heterocycles. The van der Waals surface area contributed by atoms with E-state index in [1.165, 1.54) is 0 Å². The lowest BCUT2D eigenvalue weighted by atomic mass is 10.5. The van der Waals surface area contributed by atoms with E-state index in [4.69, 9.17) is 5.73 Å². The highest BCUT2D eigenvalue weighted by atomic mass is 32.2. The van der Waals surface area contributed by atoms with E-state index < -0.39 is 0 Å². The van der Waals surface area contributed by atoms with Gasteiger partial charge in [-0.25, -0.2) is 0 Å². The number of hydrogen-bond acceptors (Lipinski definition) is 4. The summed E-state index contributed by atoms with van der Waals surface area (Å²) in [4.78, 5) is 4.27. The fraction of sp³-hybridized carbons (Fsp3) is 0.833. The third-order valence-electron chi connectivity index (χ3n) is 1.23. The predicted octanol–water partition coefficient (Wildman–Crippen LogP) is 0.0260. The number of thioether (sulfide) groups is 1. The van der Waals surface area contributed by atoms with E-state index in [0.717, 1.165) is 18.3 Å². The minimum Gasteiger partial charge on any atom is -0.364 e. The summed E-state index contributed by atoms with van der Waals surface area (Å²) in [5.41, 5.74) is 5.31.